The van der Waals surface area contributed by atoms with Crippen molar-refractivity contribution in [2.24, 2.45) is 0 Å². The lowest BCUT2D eigenvalue weighted by atomic mass is 10.1. The molecule has 0 aliphatic carbocycles. The molecule has 9 heteroatoms. The molecule has 7 nitrogen and oxygen atoms in total. The molecule has 164 valence electrons. The first kappa shape index (κ1) is 24.4. The maximum absolute atomic E-state index is 12.9. The molecule has 31 heavy (non-hydrogen) atoms. The van der Waals surface area contributed by atoms with E-state index < -0.39 is 35.5 Å². The number of carboxylic acid groups (broad SMARTS) is 1. The number of hydrogen-bond donors (Lipinski definition) is 2. The van der Waals surface area contributed by atoms with E-state index in [0.29, 0.717) is 21.3 Å². The second kappa shape index (κ2) is 9.94. The van der Waals surface area contributed by atoms with Crippen LogP contribution in [0.3, 0.4) is 0 Å². The lowest BCUT2D eigenvalue weighted by molar-refractivity contribution is -0.140. The lowest BCUT2D eigenvalue weighted by Crippen LogP contribution is -2.45. The quantitative estimate of drug-likeness (QED) is 0.474. The maximum atomic E-state index is 12.9. The van der Waals surface area contributed by atoms with Gasteiger partial charge in [-0.2, -0.15) is 0 Å². The molecule has 0 fully saturated rings. The lowest BCUT2D eigenvalue weighted by Gasteiger charge is -2.24. The van der Waals surface area contributed by atoms with Crippen molar-refractivity contribution in [1.82, 2.24) is 5.32 Å². The van der Waals surface area contributed by atoms with Crippen LogP contribution in [0.15, 0.2) is 42.5 Å². The number of rotatable bonds is 7. The summed E-state index contributed by atoms with van der Waals surface area (Å²) in [4.78, 5) is 49.7. The number of carbonyl (C=O) groups excluding carboxylic acids is 3. The Labute approximate surface area is 189 Å². The smallest absolute Gasteiger partial charge is 0.335 e. The molecule has 0 unspecified atom stereocenters. The summed E-state index contributed by atoms with van der Waals surface area (Å²) in [6, 6.07) is 10.5. The number of ketones is 1. The first-order valence-electron chi connectivity index (χ1n) is 9.30. The van der Waals surface area contributed by atoms with Crippen LogP contribution >= 0.6 is 23.2 Å². The highest BCUT2D eigenvalue weighted by Crippen LogP contribution is 2.25. The van der Waals surface area contributed by atoms with E-state index in [2.05, 4.69) is 5.32 Å². The molecule has 0 spiro atoms. The SMILES string of the molecule is CC(C)(C)NC(=O)C(=O)CC(=O)N(Cc1ccc(Cl)c(Cl)c1)c1ccc(C(=O)O)cc1. The zero-order valence-electron chi connectivity index (χ0n) is 17.2. The van der Waals surface area contributed by atoms with Crippen LogP contribution in [0.2, 0.25) is 10.0 Å². The number of nitrogens with zero attached hydrogens (tertiary/aromatic N) is 1. The first-order chi connectivity index (χ1) is 14.4. The minimum absolute atomic E-state index is 0.0380. The van der Waals surface area contributed by atoms with Crippen LogP contribution in [0.1, 0.15) is 43.1 Å². The van der Waals surface area contributed by atoms with Crippen LogP contribution in [0.5, 0.6) is 0 Å². The molecule has 0 aliphatic rings. The molecule has 0 saturated heterocycles. The highest BCUT2D eigenvalue weighted by Gasteiger charge is 2.26. The maximum Gasteiger partial charge on any atom is 0.335 e. The number of aromatic carboxylic acids is 1. The van der Waals surface area contributed by atoms with Crippen LogP contribution in [0.4, 0.5) is 5.69 Å². The largest absolute Gasteiger partial charge is 0.478 e. The van der Waals surface area contributed by atoms with Gasteiger partial charge in [0.1, 0.15) is 0 Å². The summed E-state index contributed by atoms with van der Waals surface area (Å²) in [6.45, 7) is 5.21. The van der Waals surface area contributed by atoms with Crippen LogP contribution in [-0.4, -0.2) is 34.2 Å². The van der Waals surface area contributed by atoms with Gasteiger partial charge in [-0.1, -0.05) is 29.3 Å². The molecule has 0 radical (unpaired) electrons. The van der Waals surface area contributed by atoms with E-state index in [4.69, 9.17) is 28.3 Å². The van der Waals surface area contributed by atoms with Crippen LogP contribution < -0.4 is 10.2 Å². The summed E-state index contributed by atoms with van der Waals surface area (Å²) in [5.41, 5.74) is 0.426. The number of carbonyl (C=O) groups is 4. The molecule has 0 aromatic heterocycles. The van der Waals surface area contributed by atoms with Crippen molar-refractivity contribution < 1.29 is 24.3 Å². The highest BCUT2D eigenvalue weighted by molar-refractivity contribution is 6.42. The second-order valence-corrected chi connectivity index (χ2v) is 8.70. The summed E-state index contributed by atoms with van der Waals surface area (Å²) >= 11 is 12.0. The normalized spacial score (nSPS) is 11.0. The van der Waals surface area contributed by atoms with Gasteiger partial charge >= 0.3 is 5.97 Å². The predicted molar refractivity (Wildman–Crippen MR) is 119 cm³/mol. The van der Waals surface area contributed by atoms with E-state index in [1.165, 1.54) is 29.2 Å². The Bertz CT molecular complexity index is 1010. The Balaban J connectivity index is 2.30. The van der Waals surface area contributed by atoms with Gasteiger partial charge in [0.15, 0.2) is 0 Å². The summed E-state index contributed by atoms with van der Waals surface area (Å²) in [7, 11) is 0. The molecular weight excluding hydrogens is 443 g/mol. The average Bonchev–Trinajstić information content (AvgIpc) is 2.67. The van der Waals surface area contributed by atoms with Gasteiger partial charge in [0.25, 0.3) is 5.91 Å². The van der Waals surface area contributed by atoms with Crippen molar-refractivity contribution in [2.45, 2.75) is 39.3 Å². The van der Waals surface area contributed by atoms with Crippen molar-refractivity contribution in [3.8, 4) is 0 Å². The molecule has 2 aromatic rings. The van der Waals surface area contributed by atoms with Crippen LogP contribution in [0.25, 0.3) is 0 Å². The monoisotopic (exact) mass is 464 g/mol. The fourth-order valence-electron chi connectivity index (χ4n) is 2.65. The van der Waals surface area contributed by atoms with E-state index in [9.17, 15) is 19.2 Å². The van der Waals surface area contributed by atoms with Crippen LogP contribution in [0, 0.1) is 0 Å². The molecule has 0 heterocycles. The van der Waals surface area contributed by atoms with E-state index in [0.717, 1.165) is 0 Å². The zero-order chi connectivity index (χ0) is 23.3. The number of Topliss-reactive ketones (excluding diaryl/α,β-unsaturated/α-hetero) is 1. The molecule has 0 bridgehead atoms. The van der Waals surface area contributed by atoms with Crippen LogP contribution in [-0.2, 0) is 20.9 Å². The van der Waals surface area contributed by atoms with Gasteiger partial charge in [0.05, 0.1) is 28.6 Å². The first-order valence-corrected chi connectivity index (χ1v) is 10.1. The van der Waals surface area contributed by atoms with Gasteiger partial charge in [-0.05, 0) is 62.7 Å². The molecule has 2 aromatic carbocycles. The number of carboxylic acids is 1. The van der Waals surface area contributed by atoms with Gasteiger partial charge in [0, 0.05) is 11.2 Å². The van der Waals surface area contributed by atoms with Crippen molar-refractivity contribution in [2.75, 3.05) is 4.90 Å². The molecule has 2 N–H and O–H groups in total. The number of nitrogens with one attached hydrogen (secondary N) is 1. The summed E-state index contributed by atoms with van der Waals surface area (Å²) in [5, 5.41) is 12.3. The van der Waals surface area contributed by atoms with E-state index in [1.807, 2.05) is 0 Å². The third-order valence-corrected chi connectivity index (χ3v) is 4.84. The number of anilines is 1. The highest BCUT2D eigenvalue weighted by atomic mass is 35.5. The van der Waals surface area contributed by atoms with E-state index >= 15 is 0 Å². The van der Waals surface area contributed by atoms with Gasteiger partial charge < -0.3 is 15.3 Å². The van der Waals surface area contributed by atoms with E-state index in [1.54, 1.807) is 39.0 Å². The van der Waals surface area contributed by atoms with Crippen molar-refractivity contribution >= 4 is 52.5 Å². The minimum Gasteiger partial charge on any atom is -0.478 e. The summed E-state index contributed by atoms with van der Waals surface area (Å²) in [5.74, 6) is -3.45. The number of amides is 2. The average molecular weight is 465 g/mol. The molecule has 0 saturated carbocycles. The van der Waals surface area contributed by atoms with Crippen molar-refractivity contribution in [1.29, 1.82) is 0 Å². The number of halogens is 2. The second-order valence-electron chi connectivity index (χ2n) is 7.88. The minimum atomic E-state index is -1.11. The Kier molecular flexibility index (Phi) is 7.81. The van der Waals surface area contributed by atoms with Gasteiger partial charge in [0.2, 0.25) is 11.7 Å². The number of hydrogen-bond acceptors (Lipinski definition) is 4. The topological polar surface area (TPSA) is 104 Å². The molecular formula is C22H22Cl2N2O5. The molecule has 2 rings (SSSR count). The van der Waals surface area contributed by atoms with E-state index in [-0.39, 0.29) is 12.1 Å². The van der Waals surface area contributed by atoms with Gasteiger partial charge in [-0.3, -0.25) is 14.4 Å². The fraction of sp³-hybridized carbons (Fsp3) is 0.273. The Morgan fingerprint density at radius 3 is 2.10 bits per heavy atom. The standard InChI is InChI=1S/C22H22Cl2N2O5/c1-22(2,3)25-20(29)18(27)11-19(28)26(12-13-4-9-16(23)17(24)10-13)15-7-5-14(6-8-15)21(30)31/h4-10H,11-12H2,1-3H3,(H,25,29)(H,30,31). The Hall–Kier alpha value is -2.90. The summed E-state index contributed by atoms with van der Waals surface area (Å²) < 4.78 is 0. The molecule has 2 amide bonds. The van der Waals surface area contributed by atoms with Crippen molar-refractivity contribution in [3.63, 3.8) is 0 Å². The zero-order valence-corrected chi connectivity index (χ0v) is 18.8. The summed E-state index contributed by atoms with van der Waals surface area (Å²) in [6.07, 6.45) is -0.649. The third-order valence-electron chi connectivity index (χ3n) is 4.11. The molecule has 0 atom stereocenters. The van der Waals surface area contributed by atoms with Gasteiger partial charge in [-0.25, -0.2) is 4.79 Å². The van der Waals surface area contributed by atoms with Crippen molar-refractivity contribution in [3.05, 3.63) is 63.6 Å². The van der Waals surface area contributed by atoms with Gasteiger partial charge in [-0.15, -0.1) is 0 Å². The Morgan fingerprint density at radius 2 is 1.58 bits per heavy atom. The third kappa shape index (κ3) is 7.08. The fourth-order valence-corrected chi connectivity index (χ4v) is 2.97. The molecule has 0 aliphatic heterocycles. The Morgan fingerprint density at radius 1 is 0.968 bits per heavy atom. The predicted octanol–water partition coefficient (Wildman–Crippen LogP) is 4.10. The number of benzene rings is 2.